The summed E-state index contributed by atoms with van der Waals surface area (Å²) in [4.78, 5) is 15.8. The van der Waals surface area contributed by atoms with Gasteiger partial charge in [0.2, 0.25) is 5.91 Å². The van der Waals surface area contributed by atoms with Gasteiger partial charge in [-0.25, -0.2) is 0 Å². The first-order valence-electron chi connectivity index (χ1n) is 9.98. The Morgan fingerprint density at radius 1 is 1.11 bits per heavy atom. The molecule has 0 spiro atoms. The average molecular weight is 379 g/mol. The molecule has 4 nitrogen and oxygen atoms in total. The molecule has 0 saturated heterocycles. The summed E-state index contributed by atoms with van der Waals surface area (Å²) in [6.45, 7) is 7.00. The van der Waals surface area contributed by atoms with Gasteiger partial charge in [-0.15, -0.1) is 0 Å². The molecule has 1 heterocycles. The van der Waals surface area contributed by atoms with Crippen LogP contribution in [0.1, 0.15) is 43.4 Å². The van der Waals surface area contributed by atoms with E-state index in [0.717, 1.165) is 35.1 Å². The third-order valence-electron chi connectivity index (χ3n) is 5.19. The van der Waals surface area contributed by atoms with Gasteiger partial charge in [0.05, 0.1) is 13.0 Å². The van der Waals surface area contributed by atoms with Crippen molar-refractivity contribution >= 4 is 16.8 Å². The summed E-state index contributed by atoms with van der Waals surface area (Å²) in [5, 5.41) is 4.22. The molecule has 4 heteroatoms. The van der Waals surface area contributed by atoms with Crippen LogP contribution in [0.4, 0.5) is 0 Å². The lowest BCUT2D eigenvalue weighted by atomic mass is 9.96. The van der Waals surface area contributed by atoms with Gasteiger partial charge in [-0.2, -0.15) is 0 Å². The lowest BCUT2D eigenvalue weighted by Crippen LogP contribution is -2.29. The molecule has 1 aromatic heterocycles. The summed E-state index contributed by atoms with van der Waals surface area (Å²) in [7, 11) is 1.67. The number of benzene rings is 2. The fraction of sp³-hybridized carbons (Fsp3) is 0.375. The number of aromatic amines is 1. The second-order valence-corrected chi connectivity index (χ2v) is 7.83. The van der Waals surface area contributed by atoms with Crippen LogP contribution in [0.15, 0.2) is 48.7 Å². The third kappa shape index (κ3) is 4.75. The Morgan fingerprint density at radius 3 is 2.54 bits per heavy atom. The number of carbonyl (C=O) groups excluding carboxylic acids is 1. The molecule has 0 aliphatic carbocycles. The minimum absolute atomic E-state index is 0.0639. The van der Waals surface area contributed by atoms with Crippen molar-refractivity contribution < 1.29 is 9.53 Å². The number of rotatable bonds is 8. The van der Waals surface area contributed by atoms with Crippen LogP contribution in [-0.4, -0.2) is 24.5 Å². The lowest BCUT2D eigenvalue weighted by molar-refractivity contribution is -0.122. The standard InChI is InChI=1S/C24H30N2O2/c1-16(2)13-18-5-7-19(8-6-18)17(3)24(27)25-12-11-20-15-26-23-10-9-21(28-4)14-22(20)23/h5-10,14-17,26H,11-13H2,1-4H3,(H,25,27)/t17-/m0/s1. The van der Waals surface area contributed by atoms with E-state index in [0.29, 0.717) is 12.5 Å². The molecule has 2 N–H and O–H groups in total. The van der Waals surface area contributed by atoms with Gasteiger partial charge >= 0.3 is 0 Å². The van der Waals surface area contributed by atoms with Gasteiger partial charge in [0.15, 0.2) is 0 Å². The first kappa shape index (κ1) is 20.0. The number of fused-ring (bicyclic) bond motifs is 1. The molecule has 0 aliphatic rings. The van der Waals surface area contributed by atoms with Gasteiger partial charge in [0, 0.05) is 23.6 Å². The lowest BCUT2D eigenvalue weighted by Gasteiger charge is -2.13. The molecule has 3 aromatic rings. The monoisotopic (exact) mass is 378 g/mol. The number of H-pyrrole nitrogens is 1. The van der Waals surface area contributed by atoms with E-state index in [9.17, 15) is 4.79 Å². The minimum atomic E-state index is -0.156. The zero-order chi connectivity index (χ0) is 20.1. The molecule has 0 fully saturated rings. The number of nitrogens with one attached hydrogen (secondary N) is 2. The highest BCUT2D eigenvalue weighted by molar-refractivity contribution is 5.85. The molecule has 148 valence electrons. The van der Waals surface area contributed by atoms with E-state index in [-0.39, 0.29) is 11.8 Å². The van der Waals surface area contributed by atoms with E-state index < -0.39 is 0 Å². The van der Waals surface area contributed by atoms with Crippen LogP contribution in [0.25, 0.3) is 10.9 Å². The maximum Gasteiger partial charge on any atom is 0.227 e. The molecule has 0 bridgehead atoms. The van der Waals surface area contributed by atoms with Crippen LogP contribution in [0.3, 0.4) is 0 Å². The molecule has 0 unspecified atom stereocenters. The van der Waals surface area contributed by atoms with Crippen LogP contribution in [-0.2, 0) is 17.6 Å². The molecule has 0 radical (unpaired) electrons. The molecule has 0 saturated carbocycles. The highest BCUT2D eigenvalue weighted by atomic mass is 16.5. The largest absolute Gasteiger partial charge is 0.497 e. The van der Waals surface area contributed by atoms with Crippen LogP contribution < -0.4 is 10.1 Å². The maximum absolute atomic E-state index is 12.6. The highest BCUT2D eigenvalue weighted by Gasteiger charge is 2.15. The van der Waals surface area contributed by atoms with Gasteiger partial charge in [0.25, 0.3) is 0 Å². The van der Waals surface area contributed by atoms with Gasteiger partial charge < -0.3 is 15.0 Å². The normalized spacial score (nSPS) is 12.3. The van der Waals surface area contributed by atoms with Gasteiger partial charge in [-0.1, -0.05) is 38.1 Å². The van der Waals surface area contributed by atoms with Crippen molar-refractivity contribution in [3.8, 4) is 5.75 Å². The zero-order valence-electron chi connectivity index (χ0n) is 17.2. The number of carbonyl (C=O) groups is 1. The Kier molecular flexibility index (Phi) is 6.40. The van der Waals surface area contributed by atoms with Crippen molar-refractivity contribution in [3.63, 3.8) is 0 Å². The molecular formula is C24H30N2O2. The summed E-state index contributed by atoms with van der Waals surface area (Å²) in [5.41, 5.74) is 4.64. The van der Waals surface area contributed by atoms with Gasteiger partial charge in [-0.05, 0) is 60.6 Å². The van der Waals surface area contributed by atoms with E-state index in [1.54, 1.807) is 7.11 Å². The maximum atomic E-state index is 12.6. The van der Waals surface area contributed by atoms with Crippen molar-refractivity contribution in [3.05, 3.63) is 65.4 Å². The summed E-state index contributed by atoms with van der Waals surface area (Å²) in [5.74, 6) is 1.38. The Labute approximate surface area is 167 Å². The molecule has 28 heavy (non-hydrogen) atoms. The number of aromatic nitrogens is 1. The second kappa shape index (κ2) is 8.96. The fourth-order valence-electron chi connectivity index (χ4n) is 3.53. The molecule has 0 aliphatic heterocycles. The number of methoxy groups -OCH3 is 1. The van der Waals surface area contributed by atoms with Crippen molar-refractivity contribution in [2.75, 3.05) is 13.7 Å². The highest BCUT2D eigenvalue weighted by Crippen LogP contribution is 2.24. The Balaban J connectivity index is 1.56. The van der Waals surface area contributed by atoms with E-state index in [2.05, 4.69) is 48.4 Å². The minimum Gasteiger partial charge on any atom is -0.497 e. The van der Waals surface area contributed by atoms with Gasteiger partial charge in [0.1, 0.15) is 5.75 Å². The topological polar surface area (TPSA) is 54.1 Å². The van der Waals surface area contributed by atoms with Crippen molar-refractivity contribution in [1.82, 2.24) is 10.3 Å². The van der Waals surface area contributed by atoms with Crippen LogP contribution in [0, 0.1) is 5.92 Å². The third-order valence-corrected chi connectivity index (χ3v) is 5.19. The Morgan fingerprint density at radius 2 is 1.86 bits per heavy atom. The Hall–Kier alpha value is -2.75. The van der Waals surface area contributed by atoms with E-state index in [1.807, 2.05) is 31.3 Å². The summed E-state index contributed by atoms with van der Waals surface area (Å²) in [6, 6.07) is 14.4. The van der Waals surface area contributed by atoms with Crippen LogP contribution in [0.5, 0.6) is 5.75 Å². The molecule has 1 amide bonds. The van der Waals surface area contributed by atoms with Crippen molar-refractivity contribution in [2.45, 2.75) is 39.5 Å². The number of hydrogen-bond acceptors (Lipinski definition) is 2. The predicted octanol–water partition coefficient (Wildman–Crippen LogP) is 4.84. The number of ether oxygens (including phenoxy) is 1. The average Bonchev–Trinajstić information content (AvgIpc) is 3.09. The summed E-state index contributed by atoms with van der Waals surface area (Å²) >= 11 is 0. The van der Waals surface area contributed by atoms with Crippen LogP contribution in [0.2, 0.25) is 0 Å². The quantitative estimate of drug-likeness (QED) is 0.589. The summed E-state index contributed by atoms with van der Waals surface area (Å²) in [6.07, 6.45) is 3.85. The SMILES string of the molecule is COc1ccc2[nH]cc(CCNC(=O)[C@@H](C)c3ccc(CC(C)C)cc3)c2c1. The fourth-order valence-corrected chi connectivity index (χ4v) is 3.53. The molecule has 3 rings (SSSR count). The number of amides is 1. The molecular weight excluding hydrogens is 348 g/mol. The number of hydrogen-bond donors (Lipinski definition) is 2. The first-order chi connectivity index (χ1) is 13.5. The molecule has 1 atom stereocenters. The molecule has 2 aromatic carbocycles. The zero-order valence-corrected chi connectivity index (χ0v) is 17.2. The second-order valence-electron chi connectivity index (χ2n) is 7.83. The van der Waals surface area contributed by atoms with E-state index in [4.69, 9.17) is 4.74 Å². The van der Waals surface area contributed by atoms with E-state index in [1.165, 1.54) is 11.1 Å². The summed E-state index contributed by atoms with van der Waals surface area (Å²) < 4.78 is 5.32. The van der Waals surface area contributed by atoms with Gasteiger partial charge in [-0.3, -0.25) is 4.79 Å². The van der Waals surface area contributed by atoms with Crippen LogP contribution >= 0.6 is 0 Å². The first-order valence-corrected chi connectivity index (χ1v) is 9.98. The Bertz CT molecular complexity index is 925. The predicted molar refractivity (Wildman–Crippen MR) is 115 cm³/mol. The van der Waals surface area contributed by atoms with Crippen molar-refractivity contribution in [1.29, 1.82) is 0 Å². The van der Waals surface area contributed by atoms with E-state index >= 15 is 0 Å². The smallest absolute Gasteiger partial charge is 0.227 e. The van der Waals surface area contributed by atoms with Crippen molar-refractivity contribution in [2.24, 2.45) is 5.92 Å².